The Morgan fingerprint density at radius 3 is 2.29 bits per heavy atom. The van der Waals surface area contributed by atoms with Crippen molar-refractivity contribution in [2.45, 2.75) is 12.8 Å². The molecule has 0 radical (unpaired) electrons. The summed E-state index contributed by atoms with van der Waals surface area (Å²) in [5, 5.41) is 2.71. The molecule has 1 aromatic rings. The molecule has 1 fully saturated rings. The topological polar surface area (TPSA) is 21.3 Å². The maximum absolute atomic E-state index is 13.3. The Bertz CT molecular complexity index is 368. The van der Waals surface area contributed by atoms with Gasteiger partial charge in [-0.2, -0.15) is 0 Å². The van der Waals surface area contributed by atoms with Crippen LogP contribution in [-0.4, -0.2) is 19.8 Å². The van der Waals surface area contributed by atoms with E-state index in [-0.39, 0.29) is 5.69 Å². The minimum Gasteiger partial charge on any atom is -0.381 e. The summed E-state index contributed by atoms with van der Waals surface area (Å²) in [6.07, 6.45) is 1.74. The number of benzene rings is 1. The summed E-state index contributed by atoms with van der Waals surface area (Å²) in [5.74, 6) is -2.35. The summed E-state index contributed by atoms with van der Waals surface area (Å²) in [5.41, 5.74) is -0.252. The second kappa shape index (κ2) is 5.40. The number of hydrogen-bond acceptors (Lipinski definition) is 2. The second-order valence-electron chi connectivity index (χ2n) is 4.18. The van der Waals surface area contributed by atoms with Crippen LogP contribution in [0.4, 0.5) is 18.9 Å². The first-order valence-electron chi connectivity index (χ1n) is 5.63. The standard InChI is InChI=1S/C12H14F3NO/c13-9-5-10(14)12(11(15)6-9)16-7-8-1-3-17-4-2-8/h5-6,8,16H,1-4,7H2. The molecule has 0 bridgehead atoms. The SMILES string of the molecule is Fc1cc(F)c(NCC2CCOCC2)c(F)c1. The van der Waals surface area contributed by atoms with Crippen LogP contribution in [-0.2, 0) is 4.74 Å². The van der Waals surface area contributed by atoms with E-state index in [0.717, 1.165) is 12.8 Å². The predicted molar refractivity (Wildman–Crippen MR) is 58.3 cm³/mol. The maximum Gasteiger partial charge on any atom is 0.152 e. The maximum atomic E-state index is 13.3. The number of hydrogen-bond donors (Lipinski definition) is 1. The van der Waals surface area contributed by atoms with Crippen LogP contribution >= 0.6 is 0 Å². The highest BCUT2D eigenvalue weighted by atomic mass is 19.1. The third kappa shape index (κ3) is 3.12. The van der Waals surface area contributed by atoms with Crippen molar-refractivity contribution in [3.05, 3.63) is 29.6 Å². The van der Waals surface area contributed by atoms with Crippen molar-refractivity contribution < 1.29 is 17.9 Å². The van der Waals surface area contributed by atoms with Crippen LogP contribution in [0.2, 0.25) is 0 Å². The van der Waals surface area contributed by atoms with Gasteiger partial charge in [0.25, 0.3) is 0 Å². The van der Waals surface area contributed by atoms with Crippen molar-refractivity contribution in [2.24, 2.45) is 5.92 Å². The Morgan fingerprint density at radius 1 is 1.12 bits per heavy atom. The van der Waals surface area contributed by atoms with Crippen molar-refractivity contribution in [1.29, 1.82) is 0 Å². The van der Waals surface area contributed by atoms with Gasteiger partial charge in [0.1, 0.15) is 11.5 Å². The monoisotopic (exact) mass is 245 g/mol. The van der Waals surface area contributed by atoms with E-state index in [1.54, 1.807) is 0 Å². The molecule has 0 aliphatic carbocycles. The number of halogens is 3. The number of anilines is 1. The molecule has 94 valence electrons. The normalized spacial score (nSPS) is 17.1. The lowest BCUT2D eigenvalue weighted by atomic mass is 10.0. The molecule has 0 amide bonds. The van der Waals surface area contributed by atoms with Gasteiger partial charge in [-0.3, -0.25) is 0 Å². The lowest BCUT2D eigenvalue weighted by molar-refractivity contribution is 0.0699. The van der Waals surface area contributed by atoms with Gasteiger partial charge in [0.15, 0.2) is 11.6 Å². The van der Waals surface area contributed by atoms with E-state index in [2.05, 4.69) is 5.32 Å². The van der Waals surface area contributed by atoms with Crippen LogP contribution in [0.1, 0.15) is 12.8 Å². The molecule has 0 saturated carbocycles. The number of nitrogens with one attached hydrogen (secondary N) is 1. The number of rotatable bonds is 3. The van der Waals surface area contributed by atoms with Crippen molar-refractivity contribution in [3.63, 3.8) is 0 Å². The molecule has 2 rings (SSSR count). The van der Waals surface area contributed by atoms with E-state index in [4.69, 9.17) is 4.74 Å². The zero-order valence-electron chi connectivity index (χ0n) is 9.31. The molecule has 1 heterocycles. The van der Waals surface area contributed by atoms with Gasteiger partial charge >= 0.3 is 0 Å². The minimum atomic E-state index is -0.906. The summed E-state index contributed by atoms with van der Waals surface area (Å²) in [7, 11) is 0. The van der Waals surface area contributed by atoms with Gasteiger partial charge in [-0.25, -0.2) is 13.2 Å². The predicted octanol–water partition coefficient (Wildman–Crippen LogP) is 2.94. The fourth-order valence-corrected chi connectivity index (χ4v) is 1.91. The minimum absolute atomic E-state index is 0.252. The third-order valence-electron chi connectivity index (χ3n) is 2.92. The molecular weight excluding hydrogens is 231 g/mol. The summed E-state index contributed by atoms with van der Waals surface area (Å²) < 4.78 is 44.5. The molecule has 1 N–H and O–H groups in total. The summed E-state index contributed by atoms with van der Waals surface area (Å²) >= 11 is 0. The van der Waals surface area contributed by atoms with Gasteiger partial charge in [0, 0.05) is 31.9 Å². The molecule has 17 heavy (non-hydrogen) atoms. The van der Waals surface area contributed by atoms with Gasteiger partial charge < -0.3 is 10.1 Å². The molecule has 0 aromatic heterocycles. The highest BCUT2D eigenvalue weighted by Crippen LogP contribution is 2.22. The van der Waals surface area contributed by atoms with E-state index in [0.29, 0.717) is 37.8 Å². The van der Waals surface area contributed by atoms with E-state index in [1.165, 1.54) is 0 Å². The molecule has 1 saturated heterocycles. The first-order valence-corrected chi connectivity index (χ1v) is 5.63. The summed E-state index contributed by atoms with van der Waals surface area (Å²) in [6, 6.07) is 1.35. The van der Waals surface area contributed by atoms with Crippen molar-refractivity contribution in [1.82, 2.24) is 0 Å². The lowest BCUT2D eigenvalue weighted by Gasteiger charge is -2.22. The Kier molecular flexibility index (Phi) is 3.89. The van der Waals surface area contributed by atoms with Crippen LogP contribution < -0.4 is 5.32 Å². The average molecular weight is 245 g/mol. The van der Waals surface area contributed by atoms with Gasteiger partial charge in [-0.1, -0.05) is 0 Å². The van der Waals surface area contributed by atoms with Crippen molar-refractivity contribution in [2.75, 3.05) is 25.1 Å². The first-order chi connectivity index (χ1) is 8.16. The first kappa shape index (κ1) is 12.2. The average Bonchev–Trinajstić information content (AvgIpc) is 2.29. The molecule has 5 heteroatoms. The van der Waals surface area contributed by atoms with Gasteiger partial charge in [-0.15, -0.1) is 0 Å². The Morgan fingerprint density at radius 2 is 1.71 bits per heavy atom. The van der Waals surface area contributed by atoms with Crippen molar-refractivity contribution >= 4 is 5.69 Å². The third-order valence-corrected chi connectivity index (χ3v) is 2.92. The molecular formula is C12H14F3NO. The largest absolute Gasteiger partial charge is 0.381 e. The quantitative estimate of drug-likeness (QED) is 0.884. The molecule has 1 aromatic carbocycles. The smallest absolute Gasteiger partial charge is 0.152 e. The van der Waals surface area contributed by atoms with Gasteiger partial charge in [0.2, 0.25) is 0 Å². The fourth-order valence-electron chi connectivity index (χ4n) is 1.91. The molecule has 0 unspecified atom stereocenters. The van der Waals surface area contributed by atoms with Gasteiger partial charge in [0.05, 0.1) is 0 Å². The van der Waals surface area contributed by atoms with Crippen molar-refractivity contribution in [3.8, 4) is 0 Å². The summed E-state index contributed by atoms with van der Waals surface area (Å²) in [6.45, 7) is 1.84. The Hall–Kier alpha value is -1.23. The van der Waals surface area contributed by atoms with Gasteiger partial charge in [-0.05, 0) is 18.8 Å². The molecule has 2 nitrogen and oxygen atoms in total. The zero-order valence-corrected chi connectivity index (χ0v) is 9.31. The van der Waals surface area contributed by atoms with Crippen LogP contribution in [0, 0.1) is 23.4 Å². The van der Waals surface area contributed by atoms with Crippen LogP contribution in [0.3, 0.4) is 0 Å². The second-order valence-corrected chi connectivity index (χ2v) is 4.18. The highest BCUT2D eigenvalue weighted by Gasteiger charge is 2.16. The van der Waals surface area contributed by atoms with Crippen LogP contribution in [0.25, 0.3) is 0 Å². The molecule has 1 aliphatic rings. The summed E-state index contributed by atoms with van der Waals surface area (Å²) in [4.78, 5) is 0. The molecule has 0 spiro atoms. The van der Waals surface area contributed by atoms with E-state index < -0.39 is 17.5 Å². The van der Waals surface area contributed by atoms with E-state index in [1.807, 2.05) is 0 Å². The molecule has 1 aliphatic heterocycles. The highest BCUT2D eigenvalue weighted by molar-refractivity contribution is 5.46. The zero-order chi connectivity index (χ0) is 12.3. The Labute approximate surface area is 97.8 Å². The lowest BCUT2D eigenvalue weighted by Crippen LogP contribution is -2.23. The Balaban J connectivity index is 1.98. The van der Waals surface area contributed by atoms with Crippen LogP contribution in [0.15, 0.2) is 12.1 Å². The number of ether oxygens (including phenoxy) is 1. The molecule has 0 atom stereocenters. The van der Waals surface area contributed by atoms with E-state index >= 15 is 0 Å². The van der Waals surface area contributed by atoms with Crippen LogP contribution in [0.5, 0.6) is 0 Å². The van der Waals surface area contributed by atoms with E-state index in [9.17, 15) is 13.2 Å². The fraction of sp³-hybridized carbons (Fsp3) is 0.500.